The number of aliphatic hydroxyl groups is 3. The van der Waals surface area contributed by atoms with Gasteiger partial charge in [0.05, 0.1) is 6.10 Å². The van der Waals surface area contributed by atoms with E-state index in [0.717, 1.165) is 49.8 Å². The molecule has 2 saturated heterocycles. The van der Waals surface area contributed by atoms with E-state index in [-0.39, 0.29) is 11.8 Å². The minimum absolute atomic E-state index is 0.0900. The Kier molecular flexibility index (Phi) is 22.3. The maximum Gasteiger partial charge on any atom is 0.466 e. The number of carboxylic acid groups (broad SMARTS) is 2. The SMILES string of the molecule is CC(C(O)c1ccc(O)cc1)N1CCC(Cc2ccccc2)CC1.CC(COc1ccccc1Cc1ccccc1)N1CCCCC1.O=C(O)C(O)C(O)C(=O)O.O=P(O)(O)O. The number of carbonyl (C=O) groups is 2. The smallest absolute Gasteiger partial charge is 0.466 e. The third-order valence-electron chi connectivity index (χ3n) is 10.8. The van der Waals surface area contributed by atoms with Crippen molar-refractivity contribution in [3.8, 4) is 11.5 Å². The molecule has 0 aliphatic carbocycles. The molecule has 4 aromatic rings. The molecule has 0 spiro atoms. The van der Waals surface area contributed by atoms with E-state index in [1.54, 1.807) is 24.3 Å². The monoisotopic (exact) mass is 882 g/mol. The number of carboxylic acids is 2. The van der Waals surface area contributed by atoms with Crippen LogP contribution in [0.15, 0.2) is 109 Å². The lowest BCUT2D eigenvalue weighted by molar-refractivity contribution is -0.165. The number of aliphatic carboxylic acids is 2. The summed E-state index contributed by atoms with van der Waals surface area (Å²) in [5.74, 6) is -1.54. The molecule has 0 amide bonds. The van der Waals surface area contributed by atoms with Crippen LogP contribution in [0, 0.1) is 5.92 Å². The second-order valence-corrected chi connectivity index (χ2v) is 16.6. The van der Waals surface area contributed by atoms with E-state index in [0.29, 0.717) is 6.04 Å². The predicted molar refractivity (Wildman–Crippen MR) is 235 cm³/mol. The predicted octanol–water partition coefficient (Wildman–Crippen LogP) is 5.25. The average molecular weight is 883 g/mol. The molecule has 0 aromatic heterocycles. The first-order valence-corrected chi connectivity index (χ1v) is 22.3. The first kappa shape index (κ1) is 51.7. The van der Waals surface area contributed by atoms with Crippen LogP contribution in [-0.4, -0.2) is 124 Å². The fraction of sp³-hybridized carbons (Fsp3) is 0.435. The van der Waals surface area contributed by atoms with Gasteiger partial charge in [-0.2, -0.15) is 0 Å². The van der Waals surface area contributed by atoms with Crippen molar-refractivity contribution in [3.05, 3.63) is 131 Å². The van der Waals surface area contributed by atoms with Gasteiger partial charge in [0.2, 0.25) is 0 Å². The van der Waals surface area contributed by atoms with Gasteiger partial charge in [-0.1, -0.05) is 97.4 Å². The van der Waals surface area contributed by atoms with Gasteiger partial charge >= 0.3 is 19.8 Å². The molecule has 0 saturated carbocycles. The second kappa shape index (κ2) is 26.7. The zero-order valence-corrected chi connectivity index (χ0v) is 36.2. The number of hydrogen-bond donors (Lipinski definition) is 9. The molecule has 2 fully saturated rings. The van der Waals surface area contributed by atoms with Crippen molar-refractivity contribution >= 4 is 19.8 Å². The molecule has 0 bridgehead atoms. The molecule has 15 nitrogen and oxygen atoms in total. The minimum atomic E-state index is -4.64. The highest BCUT2D eigenvalue weighted by molar-refractivity contribution is 7.45. The normalized spacial score (nSPS) is 17.2. The number of benzene rings is 4. The summed E-state index contributed by atoms with van der Waals surface area (Å²) in [6.07, 6.45) is 3.43. The van der Waals surface area contributed by atoms with Gasteiger partial charge in [0.15, 0.2) is 12.2 Å². The number of hydrogen-bond acceptors (Lipinski definition) is 10. The van der Waals surface area contributed by atoms with E-state index in [1.807, 2.05) is 0 Å². The van der Waals surface area contributed by atoms with Gasteiger partial charge in [0.25, 0.3) is 0 Å². The third-order valence-corrected chi connectivity index (χ3v) is 10.8. The molecule has 5 atom stereocenters. The first-order valence-electron chi connectivity index (χ1n) is 20.8. The highest BCUT2D eigenvalue weighted by atomic mass is 31.2. The van der Waals surface area contributed by atoms with Crippen LogP contribution >= 0.6 is 7.82 Å². The zero-order chi connectivity index (χ0) is 45.7. The van der Waals surface area contributed by atoms with Crippen molar-refractivity contribution in [1.82, 2.24) is 9.80 Å². The lowest BCUT2D eigenvalue weighted by Gasteiger charge is -2.38. The van der Waals surface area contributed by atoms with Crippen LogP contribution in [0.1, 0.15) is 74.3 Å². The third kappa shape index (κ3) is 19.6. The number of aromatic hydroxyl groups is 1. The number of para-hydroxylation sites is 1. The van der Waals surface area contributed by atoms with Gasteiger partial charge in [0, 0.05) is 18.5 Å². The van der Waals surface area contributed by atoms with Gasteiger partial charge in [-0.15, -0.1) is 0 Å². The number of phosphoric acid groups is 1. The average Bonchev–Trinajstić information content (AvgIpc) is 3.26. The number of aliphatic hydroxyl groups excluding tert-OH is 3. The molecule has 9 N–H and O–H groups in total. The quantitative estimate of drug-likeness (QED) is 0.0734. The molecule has 2 heterocycles. The number of phenols is 1. The summed E-state index contributed by atoms with van der Waals surface area (Å²) in [5, 5.41) is 52.5. The summed E-state index contributed by atoms with van der Waals surface area (Å²) in [6.45, 7) is 9.65. The van der Waals surface area contributed by atoms with Crippen molar-refractivity contribution in [2.45, 2.75) is 89.2 Å². The summed E-state index contributed by atoms with van der Waals surface area (Å²) in [4.78, 5) is 46.1. The lowest BCUT2D eigenvalue weighted by Crippen LogP contribution is -2.43. The van der Waals surface area contributed by atoms with Crippen LogP contribution in [0.4, 0.5) is 0 Å². The Hall–Kier alpha value is -4.67. The van der Waals surface area contributed by atoms with E-state index in [4.69, 9.17) is 44.4 Å². The van der Waals surface area contributed by atoms with Crippen molar-refractivity contribution in [2.75, 3.05) is 32.8 Å². The summed E-state index contributed by atoms with van der Waals surface area (Å²) in [6, 6.07) is 37.2. The Morgan fingerprint density at radius 1 is 0.677 bits per heavy atom. The van der Waals surface area contributed by atoms with Gasteiger partial charge in [0.1, 0.15) is 18.1 Å². The molecular formula is C46H63N2O13P. The second-order valence-electron chi connectivity index (χ2n) is 15.6. The molecule has 16 heteroatoms. The fourth-order valence-electron chi connectivity index (χ4n) is 7.21. The Morgan fingerprint density at radius 2 is 1.16 bits per heavy atom. The van der Waals surface area contributed by atoms with Crippen molar-refractivity contribution in [2.24, 2.45) is 5.92 Å². The van der Waals surface area contributed by atoms with E-state index >= 15 is 0 Å². The molecule has 62 heavy (non-hydrogen) atoms. The molecule has 4 aromatic carbocycles. The number of piperidine rings is 2. The lowest BCUT2D eigenvalue weighted by atomic mass is 9.89. The van der Waals surface area contributed by atoms with Gasteiger partial charge in [-0.05, 0) is 119 Å². The summed E-state index contributed by atoms with van der Waals surface area (Å²) in [7, 11) is -4.64. The number of ether oxygens (including phenoxy) is 1. The Labute approximate surface area is 363 Å². The topological polar surface area (TPSA) is 249 Å². The van der Waals surface area contributed by atoms with Crippen LogP contribution < -0.4 is 4.74 Å². The van der Waals surface area contributed by atoms with Gasteiger partial charge < -0.3 is 50.1 Å². The van der Waals surface area contributed by atoms with Crippen LogP contribution in [0.25, 0.3) is 0 Å². The van der Waals surface area contributed by atoms with E-state index < -0.39 is 38.1 Å². The molecule has 340 valence electrons. The first-order chi connectivity index (χ1) is 29.4. The van der Waals surface area contributed by atoms with E-state index in [1.165, 1.54) is 61.9 Å². The Bertz CT molecular complexity index is 1890. The van der Waals surface area contributed by atoms with Crippen molar-refractivity contribution in [1.29, 1.82) is 0 Å². The largest absolute Gasteiger partial charge is 0.508 e. The highest BCUT2D eigenvalue weighted by Crippen LogP contribution is 2.29. The van der Waals surface area contributed by atoms with Crippen molar-refractivity contribution < 1.29 is 64.2 Å². The van der Waals surface area contributed by atoms with Crippen LogP contribution in [-0.2, 0) is 27.0 Å². The highest BCUT2D eigenvalue weighted by Gasteiger charge is 2.30. The van der Waals surface area contributed by atoms with E-state index in [2.05, 4.69) is 109 Å². The molecule has 2 aliphatic rings. The Morgan fingerprint density at radius 3 is 1.68 bits per heavy atom. The van der Waals surface area contributed by atoms with Gasteiger partial charge in [-0.3, -0.25) is 9.80 Å². The van der Waals surface area contributed by atoms with Crippen LogP contribution in [0.2, 0.25) is 0 Å². The fourth-order valence-corrected chi connectivity index (χ4v) is 7.21. The number of phenolic OH excluding ortho intramolecular Hbond substituents is 1. The molecule has 0 radical (unpaired) electrons. The summed E-state index contributed by atoms with van der Waals surface area (Å²) >= 11 is 0. The molecule has 6 rings (SSSR count). The molecule has 5 unspecified atom stereocenters. The minimum Gasteiger partial charge on any atom is -0.508 e. The van der Waals surface area contributed by atoms with Crippen LogP contribution in [0.3, 0.4) is 0 Å². The van der Waals surface area contributed by atoms with E-state index in [9.17, 15) is 19.8 Å². The zero-order valence-electron chi connectivity index (χ0n) is 35.3. The van der Waals surface area contributed by atoms with Gasteiger partial charge in [-0.25, -0.2) is 14.2 Å². The molecular weight excluding hydrogens is 819 g/mol. The number of nitrogens with zero attached hydrogens (tertiary/aromatic N) is 2. The Balaban J connectivity index is 0.000000251. The summed E-state index contributed by atoms with van der Waals surface area (Å²) < 4.78 is 15.1. The van der Waals surface area contributed by atoms with Crippen LogP contribution in [0.5, 0.6) is 11.5 Å². The maximum absolute atomic E-state index is 10.6. The number of rotatable bonds is 14. The standard InChI is InChI=1S/C21H27NO2.C21H27NO.C4H6O6.H3O4P/c1-16(21(24)19-7-9-20(23)10-8-19)22-13-11-18(12-14-22)15-17-5-3-2-4-6-17;1-18(22-14-8-3-9-15-22)17-23-21-13-7-6-12-20(21)16-19-10-4-2-5-11-19;5-1(3(7)8)2(6)4(9)10;1-5(2,3)4/h2-10,16,18,21,23-24H,11-15H2,1H3;2,4-7,10-13,18H,3,8-9,14-17H2,1H3;1-2,5-6H,(H,7,8)(H,9,10);(H3,1,2,3,4). The maximum atomic E-state index is 10.6. The molecule has 2 aliphatic heterocycles. The summed E-state index contributed by atoms with van der Waals surface area (Å²) in [5.41, 5.74) is 4.89. The number of likely N-dealkylation sites (tertiary alicyclic amines) is 2. The van der Waals surface area contributed by atoms with Crippen molar-refractivity contribution in [3.63, 3.8) is 0 Å².